The fourth-order valence-electron chi connectivity index (χ4n) is 7.92. The van der Waals surface area contributed by atoms with Gasteiger partial charge in [0.25, 0.3) is 0 Å². The Morgan fingerprint density at radius 3 is 1.49 bits per heavy atom. The molecule has 0 fully saturated rings. The normalized spacial score (nSPS) is 13.5. The number of benzene rings is 8. The molecule has 0 spiro atoms. The molecule has 0 saturated carbocycles. The summed E-state index contributed by atoms with van der Waals surface area (Å²) in [5, 5.41) is 15.5. The summed E-state index contributed by atoms with van der Waals surface area (Å²) in [4.78, 5) is 0. The van der Waals surface area contributed by atoms with Crippen LogP contribution in [0.15, 0.2) is 170 Å². The Kier molecular flexibility index (Phi) is 7.45. The van der Waals surface area contributed by atoms with E-state index in [4.69, 9.17) is 9.47 Å². The van der Waals surface area contributed by atoms with Gasteiger partial charge in [0.1, 0.15) is 23.4 Å². The number of hydrogen-bond acceptors (Lipinski definition) is 3. The predicted octanol–water partition coefficient (Wildman–Crippen LogP) is 11.5. The third-order valence-electron chi connectivity index (χ3n) is 10.5. The van der Waals surface area contributed by atoms with Crippen LogP contribution in [0.1, 0.15) is 45.0 Å². The SMILES string of the molecule is COc1ccc2cc(C3(c4ccc5cc(Oc6ccc(C(O)c7ccc(C)cc7)cc6)ccc5c4)c4ccccc4-c4ccccc43)ccc2c1. The van der Waals surface area contributed by atoms with Gasteiger partial charge in [0, 0.05) is 0 Å². The van der Waals surface area contributed by atoms with Gasteiger partial charge in [0.15, 0.2) is 0 Å². The van der Waals surface area contributed by atoms with Crippen LogP contribution in [0.4, 0.5) is 0 Å². The van der Waals surface area contributed by atoms with Crippen molar-refractivity contribution in [2.75, 3.05) is 7.11 Å². The Balaban J connectivity index is 1.10. The summed E-state index contributed by atoms with van der Waals surface area (Å²) in [7, 11) is 1.71. The molecule has 8 aromatic carbocycles. The second kappa shape index (κ2) is 12.3. The van der Waals surface area contributed by atoms with E-state index in [-0.39, 0.29) is 0 Å². The second-order valence-corrected chi connectivity index (χ2v) is 13.5. The molecule has 1 N–H and O–H groups in total. The summed E-state index contributed by atoms with van der Waals surface area (Å²) in [5.74, 6) is 2.34. The average molecular weight is 661 g/mol. The number of aryl methyl sites for hydroxylation is 1. The highest BCUT2D eigenvalue weighted by molar-refractivity contribution is 5.92. The summed E-state index contributed by atoms with van der Waals surface area (Å²) in [5.41, 5.74) is 9.92. The minimum Gasteiger partial charge on any atom is -0.497 e. The van der Waals surface area contributed by atoms with Crippen molar-refractivity contribution in [2.45, 2.75) is 18.4 Å². The molecule has 1 aliphatic carbocycles. The number of methoxy groups -OCH3 is 1. The Morgan fingerprint density at radius 1 is 0.471 bits per heavy atom. The molecule has 0 saturated heterocycles. The van der Waals surface area contributed by atoms with Gasteiger partial charge in [-0.25, -0.2) is 0 Å². The fourth-order valence-corrected chi connectivity index (χ4v) is 7.92. The smallest absolute Gasteiger partial charge is 0.128 e. The topological polar surface area (TPSA) is 38.7 Å². The minimum atomic E-state index is -0.685. The quantitative estimate of drug-likeness (QED) is 0.185. The van der Waals surface area contributed by atoms with Crippen LogP contribution in [-0.2, 0) is 5.41 Å². The van der Waals surface area contributed by atoms with Crippen molar-refractivity contribution in [3.8, 4) is 28.4 Å². The highest BCUT2D eigenvalue weighted by atomic mass is 16.5. The third kappa shape index (κ3) is 5.17. The van der Waals surface area contributed by atoms with Crippen LogP contribution < -0.4 is 9.47 Å². The van der Waals surface area contributed by atoms with E-state index in [0.29, 0.717) is 0 Å². The van der Waals surface area contributed by atoms with E-state index < -0.39 is 11.5 Å². The van der Waals surface area contributed by atoms with Gasteiger partial charge in [-0.2, -0.15) is 0 Å². The Hall–Kier alpha value is -6.16. The van der Waals surface area contributed by atoms with E-state index in [1.807, 2.05) is 67.6 Å². The van der Waals surface area contributed by atoms with Gasteiger partial charge in [0.05, 0.1) is 12.5 Å². The van der Waals surface area contributed by atoms with Crippen molar-refractivity contribution in [1.82, 2.24) is 0 Å². The molecular formula is C48H36O3. The molecular weight excluding hydrogens is 625 g/mol. The van der Waals surface area contributed by atoms with Crippen molar-refractivity contribution < 1.29 is 14.6 Å². The molecule has 1 unspecified atom stereocenters. The van der Waals surface area contributed by atoms with E-state index in [2.05, 4.69) is 109 Å². The Labute approximate surface area is 298 Å². The first-order chi connectivity index (χ1) is 25.0. The first kappa shape index (κ1) is 30.9. The van der Waals surface area contributed by atoms with Gasteiger partial charge in [0.2, 0.25) is 0 Å². The van der Waals surface area contributed by atoms with Crippen LogP contribution in [0.25, 0.3) is 32.7 Å². The Bertz CT molecular complexity index is 2520. The highest BCUT2D eigenvalue weighted by Gasteiger charge is 2.46. The highest BCUT2D eigenvalue weighted by Crippen LogP contribution is 2.56. The zero-order valence-electron chi connectivity index (χ0n) is 28.5. The first-order valence-corrected chi connectivity index (χ1v) is 17.4. The van der Waals surface area contributed by atoms with E-state index in [0.717, 1.165) is 44.5 Å². The molecule has 0 aliphatic heterocycles. The summed E-state index contributed by atoms with van der Waals surface area (Å²) < 4.78 is 11.9. The van der Waals surface area contributed by atoms with Crippen molar-refractivity contribution in [3.63, 3.8) is 0 Å². The number of ether oxygens (including phenoxy) is 2. The number of fused-ring (bicyclic) bond motifs is 5. The van der Waals surface area contributed by atoms with Crippen molar-refractivity contribution in [3.05, 3.63) is 209 Å². The third-order valence-corrected chi connectivity index (χ3v) is 10.5. The van der Waals surface area contributed by atoms with Gasteiger partial charge in [-0.05, 0) is 122 Å². The van der Waals surface area contributed by atoms with Crippen molar-refractivity contribution >= 4 is 21.5 Å². The number of aliphatic hydroxyl groups excluding tert-OH is 1. The second-order valence-electron chi connectivity index (χ2n) is 13.5. The fraction of sp³-hybridized carbons (Fsp3) is 0.0833. The molecule has 0 radical (unpaired) electrons. The lowest BCUT2D eigenvalue weighted by Crippen LogP contribution is -2.28. The molecule has 1 atom stereocenters. The first-order valence-electron chi connectivity index (χ1n) is 17.4. The predicted molar refractivity (Wildman–Crippen MR) is 207 cm³/mol. The van der Waals surface area contributed by atoms with E-state index in [1.165, 1.54) is 44.3 Å². The maximum absolute atomic E-state index is 10.9. The van der Waals surface area contributed by atoms with E-state index in [1.54, 1.807) is 7.11 Å². The molecule has 0 aromatic heterocycles. The molecule has 0 bridgehead atoms. The zero-order chi connectivity index (χ0) is 34.5. The lowest BCUT2D eigenvalue weighted by atomic mass is 9.67. The van der Waals surface area contributed by atoms with Crippen molar-refractivity contribution in [1.29, 1.82) is 0 Å². The summed E-state index contributed by atoms with van der Waals surface area (Å²) in [6, 6.07) is 59.6. The molecule has 8 aromatic rings. The largest absolute Gasteiger partial charge is 0.497 e. The molecule has 51 heavy (non-hydrogen) atoms. The van der Waals surface area contributed by atoms with Crippen molar-refractivity contribution in [2.24, 2.45) is 0 Å². The van der Waals surface area contributed by atoms with Crippen LogP contribution in [0, 0.1) is 6.92 Å². The molecule has 246 valence electrons. The lowest BCUT2D eigenvalue weighted by molar-refractivity contribution is 0.220. The van der Waals surface area contributed by atoms with Gasteiger partial charge >= 0.3 is 0 Å². The maximum Gasteiger partial charge on any atom is 0.128 e. The molecule has 3 heteroatoms. The summed E-state index contributed by atoms with van der Waals surface area (Å²) in [6.07, 6.45) is -0.685. The number of rotatable bonds is 7. The van der Waals surface area contributed by atoms with Crippen LogP contribution in [-0.4, -0.2) is 12.2 Å². The number of hydrogen-bond donors (Lipinski definition) is 1. The van der Waals surface area contributed by atoms with Crippen LogP contribution >= 0.6 is 0 Å². The molecule has 3 nitrogen and oxygen atoms in total. The standard InChI is InChI=1S/C48H36O3/c1-31-11-13-32(14-12-31)47(49)33-17-23-40(24-18-33)51-42-26-20-35-28-39(22-16-37(35)30-42)48(38-21-15-36-29-41(50-2)25-19-34(36)27-38)45-9-5-3-7-43(45)44-8-4-6-10-46(44)48/h3-30,47,49H,1-2H3. The van der Waals surface area contributed by atoms with Crippen LogP contribution in [0.2, 0.25) is 0 Å². The molecule has 0 amide bonds. The zero-order valence-corrected chi connectivity index (χ0v) is 28.5. The molecule has 0 heterocycles. The van der Waals surface area contributed by atoms with E-state index >= 15 is 0 Å². The summed E-state index contributed by atoms with van der Waals surface area (Å²) in [6.45, 7) is 2.04. The lowest BCUT2D eigenvalue weighted by Gasteiger charge is -2.34. The summed E-state index contributed by atoms with van der Waals surface area (Å²) >= 11 is 0. The van der Waals surface area contributed by atoms with Crippen LogP contribution in [0.3, 0.4) is 0 Å². The molecule has 1 aliphatic rings. The van der Waals surface area contributed by atoms with Crippen LogP contribution in [0.5, 0.6) is 17.2 Å². The van der Waals surface area contributed by atoms with Gasteiger partial charge in [-0.15, -0.1) is 0 Å². The monoisotopic (exact) mass is 660 g/mol. The minimum absolute atomic E-state index is 0.504. The number of aliphatic hydroxyl groups is 1. The van der Waals surface area contributed by atoms with Gasteiger partial charge in [-0.3, -0.25) is 0 Å². The average Bonchev–Trinajstić information content (AvgIpc) is 3.49. The van der Waals surface area contributed by atoms with E-state index in [9.17, 15) is 5.11 Å². The van der Waals surface area contributed by atoms with Gasteiger partial charge < -0.3 is 14.6 Å². The molecule has 9 rings (SSSR count). The van der Waals surface area contributed by atoms with Gasteiger partial charge in [-0.1, -0.05) is 127 Å². The Morgan fingerprint density at radius 2 is 0.922 bits per heavy atom. The maximum atomic E-state index is 10.9.